The first-order valence-corrected chi connectivity index (χ1v) is 5.91. The van der Waals surface area contributed by atoms with E-state index in [1.165, 1.54) is 0 Å². The number of nitrogens with zero attached hydrogens (tertiary/aromatic N) is 1. The predicted molar refractivity (Wildman–Crippen MR) is 71.3 cm³/mol. The fourth-order valence-electron chi connectivity index (χ4n) is 1.88. The second kappa shape index (κ2) is 4.81. The molecule has 2 nitrogen and oxygen atoms in total. The van der Waals surface area contributed by atoms with Crippen LogP contribution in [-0.4, -0.2) is 5.11 Å². The van der Waals surface area contributed by atoms with E-state index in [0.717, 1.165) is 0 Å². The third-order valence-corrected chi connectivity index (χ3v) is 3.30. The summed E-state index contributed by atoms with van der Waals surface area (Å²) in [6.45, 7) is 1.69. The van der Waals surface area contributed by atoms with Crippen LogP contribution in [0.4, 0.5) is 0 Å². The van der Waals surface area contributed by atoms with E-state index in [4.69, 9.17) is 16.9 Å². The van der Waals surface area contributed by atoms with E-state index in [0.29, 0.717) is 21.7 Å². The average Bonchev–Trinajstić information content (AvgIpc) is 2.39. The summed E-state index contributed by atoms with van der Waals surface area (Å²) in [4.78, 5) is 0. The van der Waals surface area contributed by atoms with E-state index in [-0.39, 0.29) is 0 Å². The van der Waals surface area contributed by atoms with Gasteiger partial charge in [-0.15, -0.1) is 0 Å². The third kappa shape index (κ3) is 2.24. The highest BCUT2D eigenvalue weighted by molar-refractivity contribution is 6.31. The molecule has 0 bridgehead atoms. The van der Waals surface area contributed by atoms with Crippen LogP contribution in [0, 0.1) is 11.3 Å². The number of nitriles is 1. The number of halogens is 1. The molecule has 1 N–H and O–H groups in total. The standard InChI is InChI=1S/C15H12ClNO/c1-15(18,13-4-2-3-5-14(13)16)12-8-6-11(10-17)7-9-12/h2-9,18H,1H3. The molecule has 0 heterocycles. The molecule has 2 rings (SSSR count). The summed E-state index contributed by atoms with van der Waals surface area (Å²) < 4.78 is 0. The first-order valence-electron chi connectivity index (χ1n) is 5.53. The van der Waals surface area contributed by atoms with Crippen molar-refractivity contribution in [1.29, 1.82) is 5.26 Å². The Morgan fingerprint density at radius 2 is 1.72 bits per heavy atom. The van der Waals surface area contributed by atoms with Gasteiger partial charge in [0.25, 0.3) is 0 Å². The maximum absolute atomic E-state index is 10.6. The molecule has 0 fully saturated rings. The van der Waals surface area contributed by atoms with Crippen molar-refractivity contribution in [3.05, 3.63) is 70.2 Å². The van der Waals surface area contributed by atoms with Crippen LogP contribution >= 0.6 is 11.6 Å². The summed E-state index contributed by atoms with van der Waals surface area (Å²) in [5.41, 5.74) is 0.742. The van der Waals surface area contributed by atoms with E-state index in [9.17, 15) is 5.11 Å². The third-order valence-electron chi connectivity index (χ3n) is 2.97. The summed E-state index contributed by atoms with van der Waals surface area (Å²) >= 11 is 6.10. The lowest BCUT2D eigenvalue weighted by Crippen LogP contribution is -2.23. The zero-order chi connectivity index (χ0) is 13.2. The van der Waals surface area contributed by atoms with Crippen molar-refractivity contribution in [3.63, 3.8) is 0 Å². The summed E-state index contributed by atoms with van der Waals surface area (Å²) in [6, 6.07) is 16.1. The molecule has 0 spiro atoms. The number of benzene rings is 2. The fourth-order valence-corrected chi connectivity index (χ4v) is 2.20. The van der Waals surface area contributed by atoms with Crippen LogP contribution in [-0.2, 0) is 5.60 Å². The molecule has 0 saturated heterocycles. The van der Waals surface area contributed by atoms with E-state index in [1.54, 1.807) is 43.3 Å². The van der Waals surface area contributed by atoms with Crippen molar-refractivity contribution in [2.24, 2.45) is 0 Å². The Morgan fingerprint density at radius 1 is 1.11 bits per heavy atom. The summed E-state index contributed by atoms with van der Waals surface area (Å²) in [5, 5.41) is 19.9. The molecular formula is C15H12ClNO. The van der Waals surface area contributed by atoms with E-state index >= 15 is 0 Å². The van der Waals surface area contributed by atoms with Crippen LogP contribution in [0.25, 0.3) is 0 Å². The van der Waals surface area contributed by atoms with Crippen molar-refractivity contribution >= 4 is 11.6 Å². The average molecular weight is 258 g/mol. The Balaban J connectivity index is 2.48. The number of hydrogen-bond donors (Lipinski definition) is 1. The molecule has 18 heavy (non-hydrogen) atoms. The van der Waals surface area contributed by atoms with Crippen molar-refractivity contribution in [2.45, 2.75) is 12.5 Å². The zero-order valence-corrected chi connectivity index (χ0v) is 10.6. The molecule has 0 radical (unpaired) electrons. The number of aliphatic hydroxyl groups is 1. The molecule has 1 unspecified atom stereocenters. The Morgan fingerprint density at radius 3 is 2.28 bits per heavy atom. The number of rotatable bonds is 2. The van der Waals surface area contributed by atoms with Crippen LogP contribution in [0.3, 0.4) is 0 Å². The Kier molecular flexibility index (Phi) is 3.38. The highest BCUT2D eigenvalue weighted by atomic mass is 35.5. The lowest BCUT2D eigenvalue weighted by molar-refractivity contribution is 0.102. The minimum atomic E-state index is -1.17. The van der Waals surface area contributed by atoms with Crippen LogP contribution in [0.2, 0.25) is 5.02 Å². The predicted octanol–water partition coefficient (Wildman–Crippen LogP) is 3.47. The quantitative estimate of drug-likeness (QED) is 0.895. The second-order valence-corrected chi connectivity index (χ2v) is 4.65. The molecular weight excluding hydrogens is 246 g/mol. The molecule has 0 aromatic heterocycles. The smallest absolute Gasteiger partial charge is 0.113 e. The maximum Gasteiger partial charge on any atom is 0.113 e. The zero-order valence-electron chi connectivity index (χ0n) is 9.89. The van der Waals surface area contributed by atoms with Gasteiger partial charge in [0.1, 0.15) is 5.60 Å². The van der Waals surface area contributed by atoms with Gasteiger partial charge in [0, 0.05) is 10.6 Å². The lowest BCUT2D eigenvalue weighted by atomic mass is 9.88. The largest absolute Gasteiger partial charge is 0.381 e. The second-order valence-electron chi connectivity index (χ2n) is 4.24. The summed E-state index contributed by atoms with van der Waals surface area (Å²) in [7, 11) is 0. The van der Waals surface area contributed by atoms with Gasteiger partial charge in [-0.05, 0) is 30.7 Å². The Bertz CT molecular complexity index is 597. The van der Waals surface area contributed by atoms with Gasteiger partial charge >= 0.3 is 0 Å². The van der Waals surface area contributed by atoms with E-state index in [2.05, 4.69) is 0 Å². The molecule has 0 aliphatic carbocycles. The molecule has 0 saturated carbocycles. The van der Waals surface area contributed by atoms with Crippen molar-refractivity contribution in [1.82, 2.24) is 0 Å². The molecule has 2 aromatic carbocycles. The Hall–Kier alpha value is -1.82. The van der Waals surface area contributed by atoms with Crippen LogP contribution in [0.1, 0.15) is 23.6 Å². The van der Waals surface area contributed by atoms with E-state index in [1.807, 2.05) is 18.2 Å². The first kappa shape index (κ1) is 12.6. The molecule has 90 valence electrons. The van der Waals surface area contributed by atoms with Gasteiger partial charge < -0.3 is 5.11 Å². The van der Waals surface area contributed by atoms with Gasteiger partial charge in [-0.2, -0.15) is 5.26 Å². The number of hydrogen-bond acceptors (Lipinski definition) is 2. The molecule has 1 atom stereocenters. The normalized spacial score (nSPS) is 13.7. The van der Waals surface area contributed by atoms with Crippen molar-refractivity contribution in [3.8, 4) is 6.07 Å². The van der Waals surface area contributed by atoms with Gasteiger partial charge in [-0.25, -0.2) is 0 Å². The Labute approximate surface area is 111 Å². The first-order chi connectivity index (χ1) is 8.55. The van der Waals surface area contributed by atoms with Crippen molar-refractivity contribution < 1.29 is 5.11 Å². The van der Waals surface area contributed by atoms with Gasteiger partial charge in [-0.1, -0.05) is 41.9 Å². The minimum Gasteiger partial charge on any atom is -0.381 e. The van der Waals surface area contributed by atoms with Gasteiger partial charge in [-0.3, -0.25) is 0 Å². The topological polar surface area (TPSA) is 44.0 Å². The van der Waals surface area contributed by atoms with Gasteiger partial charge in [0.15, 0.2) is 0 Å². The van der Waals surface area contributed by atoms with E-state index < -0.39 is 5.60 Å². The van der Waals surface area contributed by atoms with Crippen molar-refractivity contribution in [2.75, 3.05) is 0 Å². The maximum atomic E-state index is 10.6. The highest BCUT2D eigenvalue weighted by Crippen LogP contribution is 2.33. The highest BCUT2D eigenvalue weighted by Gasteiger charge is 2.27. The molecule has 0 aliphatic rings. The van der Waals surface area contributed by atoms with Gasteiger partial charge in [0.05, 0.1) is 11.6 Å². The SMILES string of the molecule is CC(O)(c1ccc(C#N)cc1)c1ccccc1Cl. The molecule has 0 aliphatic heterocycles. The van der Waals surface area contributed by atoms with Crippen LogP contribution in [0.5, 0.6) is 0 Å². The fraction of sp³-hybridized carbons (Fsp3) is 0.133. The van der Waals surface area contributed by atoms with Crippen LogP contribution < -0.4 is 0 Å². The lowest BCUT2D eigenvalue weighted by Gasteiger charge is -2.25. The van der Waals surface area contributed by atoms with Crippen LogP contribution in [0.15, 0.2) is 48.5 Å². The molecule has 0 amide bonds. The molecule has 2 aromatic rings. The monoisotopic (exact) mass is 257 g/mol. The minimum absolute atomic E-state index is 0.520. The summed E-state index contributed by atoms with van der Waals surface area (Å²) in [6.07, 6.45) is 0. The molecule has 3 heteroatoms. The summed E-state index contributed by atoms with van der Waals surface area (Å²) in [5.74, 6) is 0. The van der Waals surface area contributed by atoms with Gasteiger partial charge in [0.2, 0.25) is 0 Å².